The van der Waals surface area contributed by atoms with Gasteiger partial charge in [-0.15, -0.1) is 0 Å². The molecular formula is C26H33FN2O6. The Balaban J connectivity index is 0.000000360. The van der Waals surface area contributed by atoms with E-state index in [1.165, 1.54) is 30.3 Å². The van der Waals surface area contributed by atoms with E-state index in [4.69, 9.17) is 14.9 Å². The Bertz CT molecular complexity index is 1050. The normalized spacial score (nSPS) is 15.7. The summed E-state index contributed by atoms with van der Waals surface area (Å²) in [5.74, 6) is -1.27. The number of hydrogen-bond acceptors (Lipinski definition) is 5. The fourth-order valence-electron chi connectivity index (χ4n) is 3.41. The van der Waals surface area contributed by atoms with Crippen molar-refractivity contribution >= 4 is 18.0 Å². The van der Waals surface area contributed by atoms with Crippen LogP contribution in [0.25, 0.3) is 0 Å². The van der Waals surface area contributed by atoms with Gasteiger partial charge in [0.05, 0.1) is 12.0 Å². The lowest BCUT2D eigenvalue weighted by Gasteiger charge is -2.40. The van der Waals surface area contributed by atoms with Crippen LogP contribution in [0.3, 0.4) is 0 Å². The molecule has 1 heterocycles. The molecule has 2 amide bonds. The lowest BCUT2D eigenvalue weighted by Crippen LogP contribution is -2.56. The van der Waals surface area contributed by atoms with Gasteiger partial charge in [0.15, 0.2) is 0 Å². The highest BCUT2D eigenvalue weighted by Crippen LogP contribution is 2.17. The molecule has 1 saturated heterocycles. The number of ether oxygens (including phenoxy) is 1. The third-order valence-corrected chi connectivity index (χ3v) is 5.31. The zero-order valence-corrected chi connectivity index (χ0v) is 20.7. The summed E-state index contributed by atoms with van der Waals surface area (Å²) in [6.07, 6.45) is -0.191. The van der Waals surface area contributed by atoms with Crippen LogP contribution in [0.5, 0.6) is 5.75 Å². The van der Waals surface area contributed by atoms with Crippen molar-refractivity contribution in [2.24, 2.45) is 0 Å². The minimum atomic E-state index is -0.986. The van der Waals surface area contributed by atoms with Gasteiger partial charge in [-0.3, -0.25) is 4.79 Å². The first kappa shape index (κ1) is 27.6. The van der Waals surface area contributed by atoms with Crippen LogP contribution in [-0.2, 0) is 16.0 Å². The topological polar surface area (TPSA) is 107 Å². The van der Waals surface area contributed by atoms with Crippen LogP contribution in [0.1, 0.15) is 49.2 Å². The van der Waals surface area contributed by atoms with E-state index in [-0.39, 0.29) is 41.6 Å². The summed E-state index contributed by atoms with van der Waals surface area (Å²) in [7, 11) is 0. The number of rotatable bonds is 3. The number of piperazine rings is 1. The number of halogens is 1. The average molecular weight is 489 g/mol. The molecule has 1 aliphatic heterocycles. The summed E-state index contributed by atoms with van der Waals surface area (Å²) in [5.41, 5.74) is 0.864. The van der Waals surface area contributed by atoms with E-state index in [0.29, 0.717) is 30.8 Å². The highest BCUT2D eigenvalue weighted by Gasteiger charge is 2.32. The molecule has 1 atom stereocenters. The second kappa shape index (κ2) is 11.7. The highest BCUT2D eigenvalue weighted by atomic mass is 19.1. The van der Waals surface area contributed by atoms with Gasteiger partial charge in [-0.25, -0.2) is 14.0 Å². The standard InChI is InChI=1S/C19H27FN2O3.C7H6O3/c1-13-6-7-15(10-16(13)20)11-17(23)21-8-9-22(14(2)12-21)18(24)25-19(3,4)5;8-6-3-1-5(2-4-6)7(9)10/h6-7,10,14H,8-9,11-12H2,1-5H3;1-4,8H,(H,9,10)/t14-;/m1./s1. The smallest absolute Gasteiger partial charge is 0.410 e. The third-order valence-electron chi connectivity index (χ3n) is 5.31. The Morgan fingerprint density at radius 3 is 2.23 bits per heavy atom. The predicted molar refractivity (Wildman–Crippen MR) is 129 cm³/mol. The zero-order chi connectivity index (χ0) is 26.3. The number of aromatic hydroxyl groups is 1. The first-order chi connectivity index (χ1) is 16.3. The Labute approximate surface area is 204 Å². The number of carboxylic acids is 1. The molecule has 1 aliphatic rings. The van der Waals surface area contributed by atoms with Crippen molar-refractivity contribution in [3.05, 3.63) is 65.0 Å². The molecule has 8 nitrogen and oxygen atoms in total. The number of hydrogen-bond donors (Lipinski definition) is 2. The van der Waals surface area contributed by atoms with Gasteiger partial charge in [0.2, 0.25) is 5.91 Å². The molecule has 0 bridgehead atoms. The van der Waals surface area contributed by atoms with Crippen molar-refractivity contribution in [2.75, 3.05) is 19.6 Å². The van der Waals surface area contributed by atoms with Gasteiger partial charge < -0.3 is 24.7 Å². The lowest BCUT2D eigenvalue weighted by atomic mass is 10.1. The zero-order valence-electron chi connectivity index (χ0n) is 20.7. The monoisotopic (exact) mass is 488 g/mol. The second-order valence-corrected chi connectivity index (χ2v) is 9.47. The summed E-state index contributed by atoms with van der Waals surface area (Å²) in [6, 6.07) is 10.1. The van der Waals surface area contributed by atoms with E-state index in [1.807, 2.05) is 27.7 Å². The van der Waals surface area contributed by atoms with Crippen LogP contribution in [0, 0.1) is 12.7 Å². The molecule has 0 spiro atoms. The predicted octanol–water partition coefficient (Wildman–Crippen LogP) is 4.23. The van der Waals surface area contributed by atoms with Gasteiger partial charge in [-0.2, -0.15) is 0 Å². The first-order valence-electron chi connectivity index (χ1n) is 11.3. The molecule has 1 fully saturated rings. The van der Waals surface area contributed by atoms with Gasteiger partial charge in [-0.05, 0) is 76.1 Å². The molecule has 35 heavy (non-hydrogen) atoms. The maximum atomic E-state index is 13.6. The largest absolute Gasteiger partial charge is 0.508 e. The summed E-state index contributed by atoms with van der Waals surface area (Å²) in [4.78, 5) is 38.3. The van der Waals surface area contributed by atoms with Crippen molar-refractivity contribution in [3.63, 3.8) is 0 Å². The number of aryl methyl sites for hydroxylation is 1. The van der Waals surface area contributed by atoms with Crippen LogP contribution in [-0.4, -0.2) is 69.3 Å². The summed E-state index contributed by atoms with van der Waals surface area (Å²) in [5, 5.41) is 17.1. The number of phenols is 1. The molecule has 0 unspecified atom stereocenters. The number of benzene rings is 2. The van der Waals surface area contributed by atoms with E-state index < -0.39 is 11.6 Å². The first-order valence-corrected chi connectivity index (χ1v) is 11.3. The SMILES string of the molecule is Cc1ccc(CC(=O)N2CCN(C(=O)OC(C)(C)C)[C@H](C)C2)cc1F.O=C(O)c1ccc(O)cc1. The van der Waals surface area contributed by atoms with Crippen molar-refractivity contribution in [3.8, 4) is 5.75 Å². The number of carbonyl (C=O) groups is 3. The summed E-state index contributed by atoms with van der Waals surface area (Å²) in [6.45, 7) is 10.4. The highest BCUT2D eigenvalue weighted by molar-refractivity contribution is 5.87. The molecule has 190 valence electrons. The van der Waals surface area contributed by atoms with Crippen LogP contribution in [0.4, 0.5) is 9.18 Å². The quantitative estimate of drug-likeness (QED) is 0.669. The van der Waals surface area contributed by atoms with Gasteiger partial charge >= 0.3 is 12.1 Å². The number of aromatic carboxylic acids is 1. The van der Waals surface area contributed by atoms with Crippen molar-refractivity contribution in [1.29, 1.82) is 0 Å². The number of phenolic OH excluding ortho intramolecular Hbond substituents is 1. The van der Waals surface area contributed by atoms with Gasteiger partial charge in [0.1, 0.15) is 17.2 Å². The molecule has 3 rings (SSSR count). The van der Waals surface area contributed by atoms with Crippen molar-refractivity contribution < 1.29 is 33.7 Å². The molecule has 9 heteroatoms. The number of carbonyl (C=O) groups excluding carboxylic acids is 2. The third kappa shape index (κ3) is 8.59. The average Bonchev–Trinajstić information content (AvgIpc) is 2.75. The molecule has 0 radical (unpaired) electrons. The van der Waals surface area contributed by atoms with Crippen molar-refractivity contribution in [2.45, 2.75) is 52.7 Å². The van der Waals surface area contributed by atoms with Crippen molar-refractivity contribution in [1.82, 2.24) is 9.80 Å². The fourth-order valence-corrected chi connectivity index (χ4v) is 3.41. The van der Waals surface area contributed by atoms with Crippen LogP contribution in [0.2, 0.25) is 0 Å². The Morgan fingerprint density at radius 1 is 1.09 bits per heavy atom. The Kier molecular flexibility index (Phi) is 9.22. The number of amides is 2. The van der Waals surface area contributed by atoms with Gasteiger partial charge in [0, 0.05) is 25.7 Å². The van der Waals surface area contributed by atoms with Crippen LogP contribution < -0.4 is 0 Å². The van der Waals surface area contributed by atoms with E-state index in [2.05, 4.69) is 0 Å². The Hall–Kier alpha value is -3.62. The van der Waals surface area contributed by atoms with Crippen LogP contribution in [0.15, 0.2) is 42.5 Å². The maximum absolute atomic E-state index is 13.6. The van der Waals surface area contributed by atoms with Crippen LogP contribution >= 0.6 is 0 Å². The Morgan fingerprint density at radius 2 is 1.71 bits per heavy atom. The lowest BCUT2D eigenvalue weighted by molar-refractivity contribution is -0.133. The number of carboxylic acid groups (broad SMARTS) is 1. The molecule has 0 aliphatic carbocycles. The van der Waals surface area contributed by atoms with E-state index in [0.717, 1.165) is 0 Å². The molecule has 2 N–H and O–H groups in total. The minimum absolute atomic E-state index is 0.0565. The van der Waals surface area contributed by atoms with Gasteiger partial charge in [-0.1, -0.05) is 12.1 Å². The van der Waals surface area contributed by atoms with E-state index >= 15 is 0 Å². The summed E-state index contributed by atoms with van der Waals surface area (Å²) >= 11 is 0. The van der Waals surface area contributed by atoms with E-state index in [9.17, 15) is 18.8 Å². The van der Waals surface area contributed by atoms with Gasteiger partial charge in [0.25, 0.3) is 0 Å². The molecule has 2 aromatic carbocycles. The summed E-state index contributed by atoms with van der Waals surface area (Å²) < 4.78 is 19.0. The number of nitrogens with zero attached hydrogens (tertiary/aromatic N) is 2. The molecule has 2 aromatic rings. The molecule has 0 saturated carbocycles. The molecular weight excluding hydrogens is 455 g/mol. The second-order valence-electron chi connectivity index (χ2n) is 9.47. The minimum Gasteiger partial charge on any atom is -0.508 e. The fraction of sp³-hybridized carbons (Fsp3) is 0.423. The van der Waals surface area contributed by atoms with E-state index in [1.54, 1.807) is 28.9 Å². The molecule has 0 aromatic heterocycles. The maximum Gasteiger partial charge on any atom is 0.410 e.